The molecule has 2 atom stereocenters. The fourth-order valence-corrected chi connectivity index (χ4v) is 5.50. The standard InChI is InChI=1S/C20H37ClN2/c1-2-17-6-8-18(9-7-17)15-22-10-12-23(13-11-22)16-19-4-3-5-20(21)14-19/h17-20H,2-16H2,1H3. The first-order chi connectivity index (χ1) is 11.2. The molecule has 2 aliphatic carbocycles. The molecule has 0 N–H and O–H groups in total. The van der Waals surface area contributed by atoms with Gasteiger partial charge < -0.3 is 9.80 Å². The monoisotopic (exact) mass is 340 g/mol. The molecule has 0 spiro atoms. The van der Waals surface area contributed by atoms with E-state index in [-0.39, 0.29) is 0 Å². The molecule has 3 fully saturated rings. The van der Waals surface area contributed by atoms with Crippen LogP contribution in [0, 0.1) is 17.8 Å². The summed E-state index contributed by atoms with van der Waals surface area (Å²) in [5.41, 5.74) is 0. The second-order valence-electron chi connectivity index (χ2n) is 8.53. The van der Waals surface area contributed by atoms with E-state index in [1.807, 2.05) is 0 Å². The van der Waals surface area contributed by atoms with Crippen molar-refractivity contribution < 1.29 is 0 Å². The second kappa shape index (κ2) is 9.06. The molecule has 0 aromatic rings. The van der Waals surface area contributed by atoms with Crippen molar-refractivity contribution in [2.45, 2.75) is 70.1 Å². The Morgan fingerprint density at radius 2 is 1.30 bits per heavy atom. The highest BCUT2D eigenvalue weighted by Gasteiger charge is 2.26. The summed E-state index contributed by atoms with van der Waals surface area (Å²) in [4.78, 5) is 5.46. The van der Waals surface area contributed by atoms with Gasteiger partial charge in [0.15, 0.2) is 0 Å². The van der Waals surface area contributed by atoms with Gasteiger partial charge in [-0.25, -0.2) is 0 Å². The van der Waals surface area contributed by atoms with Crippen molar-refractivity contribution in [1.82, 2.24) is 9.80 Å². The molecule has 1 aliphatic heterocycles. The van der Waals surface area contributed by atoms with Crippen LogP contribution in [-0.2, 0) is 0 Å². The lowest BCUT2D eigenvalue weighted by atomic mass is 9.80. The lowest BCUT2D eigenvalue weighted by Gasteiger charge is -2.39. The van der Waals surface area contributed by atoms with Gasteiger partial charge in [0.1, 0.15) is 0 Å². The molecular formula is C20H37ClN2. The maximum atomic E-state index is 6.35. The Bertz CT molecular complexity index is 333. The quantitative estimate of drug-likeness (QED) is 0.674. The molecule has 3 heteroatoms. The topological polar surface area (TPSA) is 6.48 Å². The summed E-state index contributed by atoms with van der Waals surface area (Å²) in [6.45, 7) is 10.2. The molecule has 0 aromatic carbocycles. The molecule has 0 bridgehead atoms. The van der Waals surface area contributed by atoms with Crippen LogP contribution in [0.15, 0.2) is 0 Å². The average Bonchev–Trinajstić information content (AvgIpc) is 2.57. The van der Waals surface area contributed by atoms with Crippen molar-refractivity contribution in [2.75, 3.05) is 39.3 Å². The summed E-state index contributed by atoms with van der Waals surface area (Å²) >= 11 is 6.35. The largest absolute Gasteiger partial charge is 0.301 e. The predicted octanol–water partition coefficient (Wildman–Crippen LogP) is 4.62. The zero-order valence-electron chi connectivity index (χ0n) is 15.2. The van der Waals surface area contributed by atoms with Crippen LogP contribution in [0.4, 0.5) is 0 Å². The van der Waals surface area contributed by atoms with Crippen LogP contribution in [0.25, 0.3) is 0 Å². The Hall–Kier alpha value is 0.210. The molecule has 0 amide bonds. The molecule has 3 rings (SSSR count). The number of alkyl halides is 1. The van der Waals surface area contributed by atoms with E-state index in [2.05, 4.69) is 16.7 Å². The molecule has 0 aromatic heterocycles. The molecule has 134 valence electrons. The maximum absolute atomic E-state index is 6.35. The Balaban J connectivity index is 1.32. The van der Waals surface area contributed by atoms with Crippen molar-refractivity contribution in [1.29, 1.82) is 0 Å². The first-order valence-corrected chi connectivity index (χ1v) is 10.7. The summed E-state index contributed by atoms with van der Waals surface area (Å²) in [5, 5.41) is 0.452. The van der Waals surface area contributed by atoms with Crippen LogP contribution in [0.5, 0.6) is 0 Å². The number of nitrogens with zero attached hydrogens (tertiary/aromatic N) is 2. The normalized spacial score (nSPS) is 37.8. The van der Waals surface area contributed by atoms with Crippen molar-refractivity contribution in [3.05, 3.63) is 0 Å². The third kappa shape index (κ3) is 5.61. The highest BCUT2D eigenvalue weighted by molar-refractivity contribution is 6.20. The van der Waals surface area contributed by atoms with Gasteiger partial charge in [0.25, 0.3) is 0 Å². The third-order valence-corrected chi connectivity index (χ3v) is 7.16. The highest BCUT2D eigenvalue weighted by Crippen LogP contribution is 2.31. The van der Waals surface area contributed by atoms with Gasteiger partial charge in [-0.3, -0.25) is 0 Å². The lowest BCUT2D eigenvalue weighted by molar-refractivity contribution is 0.0894. The fraction of sp³-hybridized carbons (Fsp3) is 1.00. The predicted molar refractivity (Wildman–Crippen MR) is 100 cm³/mol. The first-order valence-electron chi connectivity index (χ1n) is 10.3. The summed E-state index contributed by atoms with van der Waals surface area (Å²) in [6, 6.07) is 0. The van der Waals surface area contributed by atoms with Crippen molar-refractivity contribution in [3.63, 3.8) is 0 Å². The van der Waals surface area contributed by atoms with E-state index in [0.29, 0.717) is 5.38 Å². The molecule has 1 saturated heterocycles. The summed E-state index contributed by atoms with van der Waals surface area (Å²) in [7, 11) is 0. The minimum atomic E-state index is 0.452. The maximum Gasteiger partial charge on any atom is 0.0339 e. The van der Waals surface area contributed by atoms with E-state index in [1.54, 1.807) is 0 Å². The Morgan fingerprint density at radius 1 is 0.739 bits per heavy atom. The van der Waals surface area contributed by atoms with Gasteiger partial charge in [-0.15, -0.1) is 11.6 Å². The van der Waals surface area contributed by atoms with Gasteiger partial charge in [0, 0.05) is 44.6 Å². The van der Waals surface area contributed by atoms with E-state index in [4.69, 9.17) is 11.6 Å². The molecule has 1 heterocycles. The fourth-order valence-electron chi connectivity index (χ4n) is 5.10. The van der Waals surface area contributed by atoms with Crippen LogP contribution in [0.1, 0.15) is 64.7 Å². The van der Waals surface area contributed by atoms with Crippen LogP contribution in [-0.4, -0.2) is 54.4 Å². The van der Waals surface area contributed by atoms with Gasteiger partial charge >= 0.3 is 0 Å². The van der Waals surface area contributed by atoms with Crippen LogP contribution < -0.4 is 0 Å². The molecule has 2 unspecified atom stereocenters. The first kappa shape index (κ1) is 18.0. The van der Waals surface area contributed by atoms with Gasteiger partial charge in [-0.2, -0.15) is 0 Å². The number of rotatable bonds is 5. The van der Waals surface area contributed by atoms with E-state index in [1.165, 1.54) is 97.1 Å². The van der Waals surface area contributed by atoms with Crippen LogP contribution in [0.2, 0.25) is 0 Å². The van der Waals surface area contributed by atoms with Gasteiger partial charge in [-0.05, 0) is 49.9 Å². The number of halogens is 1. The average molecular weight is 341 g/mol. The Labute approximate surface area is 148 Å². The van der Waals surface area contributed by atoms with Crippen LogP contribution in [0.3, 0.4) is 0 Å². The number of hydrogen-bond acceptors (Lipinski definition) is 2. The molecule has 2 nitrogen and oxygen atoms in total. The summed E-state index contributed by atoms with van der Waals surface area (Å²) < 4.78 is 0. The minimum absolute atomic E-state index is 0.452. The molecule has 23 heavy (non-hydrogen) atoms. The van der Waals surface area contributed by atoms with E-state index in [9.17, 15) is 0 Å². The molecule has 3 aliphatic rings. The van der Waals surface area contributed by atoms with Gasteiger partial charge in [0.2, 0.25) is 0 Å². The molecule has 0 radical (unpaired) electrons. The molecule has 2 saturated carbocycles. The smallest absolute Gasteiger partial charge is 0.0339 e. The van der Waals surface area contributed by atoms with E-state index < -0.39 is 0 Å². The zero-order valence-corrected chi connectivity index (χ0v) is 15.9. The highest BCUT2D eigenvalue weighted by atomic mass is 35.5. The van der Waals surface area contributed by atoms with Crippen LogP contribution >= 0.6 is 11.6 Å². The van der Waals surface area contributed by atoms with Crippen molar-refractivity contribution >= 4 is 11.6 Å². The van der Waals surface area contributed by atoms with E-state index >= 15 is 0 Å². The SMILES string of the molecule is CCC1CCC(CN2CCN(CC3CCCC(Cl)C3)CC2)CC1. The Morgan fingerprint density at radius 3 is 1.87 bits per heavy atom. The summed E-state index contributed by atoms with van der Waals surface area (Å²) in [6.07, 6.45) is 12.6. The van der Waals surface area contributed by atoms with Gasteiger partial charge in [0.05, 0.1) is 0 Å². The van der Waals surface area contributed by atoms with Crippen molar-refractivity contribution in [2.24, 2.45) is 17.8 Å². The summed E-state index contributed by atoms with van der Waals surface area (Å²) in [5.74, 6) is 2.88. The molecular weight excluding hydrogens is 304 g/mol. The number of hydrogen-bond donors (Lipinski definition) is 0. The third-order valence-electron chi connectivity index (χ3n) is 6.76. The Kier molecular flexibility index (Phi) is 7.10. The number of piperazine rings is 1. The lowest BCUT2D eigenvalue weighted by Crippen LogP contribution is -2.49. The second-order valence-corrected chi connectivity index (χ2v) is 9.14. The van der Waals surface area contributed by atoms with Crippen molar-refractivity contribution in [3.8, 4) is 0 Å². The van der Waals surface area contributed by atoms with E-state index in [0.717, 1.165) is 17.8 Å². The zero-order chi connectivity index (χ0) is 16.1. The minimum Gasteiger partial charge on any atom is -0.301 e. The van der Waals surface area contributed by atoms with Gasteiger partial charge in [-0.1, -0.05) is 32.6 Å².